The number of hydrogen-bond acceptors (Lipinski definition) is 5. The van der Waals surface area contributed by atoms with Crippen LogP contribution in [-0.2, 0) is 0 Å². The SMILES string of the molecule is S1C2SC3SC4SC5SC1C1C2C3C4C51. The molecule has 6 aliphatic rings. The summed E-state index contributed by atoms with van der Waals surface area (Å²) in [5, 5.41) is 0. The van der Waals surface area contributed by atoms with Crippen molar-refractivity contribution >= 4 is 58.8 Å². The monoisotopic (exact) mass is 290 g/mol. The van der Waals surface area contributed by atoms with Crippen molar-refractivity contribution in [3.63, 3.8) is 0 Å². The minimum Gasteiger partial charge on any atom is -0.133 e. The van der Waals surface area contributed by atoms with Crippen molar-refractivity contribution in [2.75, 3.05) is 0 Å². The fourth-order valence-electron chi connectivity index (χ4n) is 4.83. The summed E-state index contributed by atoms with van der Waals surface area (Å²) in [5.74, 6) is 5.70. The van der Waals surface area contributed by atoms with Crippen LogP contribution in [0, 0.1) is 29.6 Å². The lowest BCUT2D eigenvalue weighted by molar-refractivity contribution is 0.381. The Balaban J connectivity index is 1.65. The highest BCUT2D eigenvalue weighted by molar-refractivity contribution is 8.35. The van der Waals surface area contributed by atoms with E-state index >= 15 is 0 Å². The molecule has 15 heavy (non-hydrogen) atoms. The van der Waals surface area contributed by atoms with Gasteiger partial charge in [-0.15, -0.1) is 58.8 Å². The van der Waals surface area contributed by atoms with Crippen molar-refractivity contribution in [1.82, 2.24) is 0 Å². The molecule has 0 amide bonds. The molecule has 0 aromatic heterocycles. The Hall–Kier alpha value is 1.75. The van der Waals surface area contributed by atoms with Crippen LogP contribution in [0.1, 0.15) is 0 Å². The third kappa shape index (κ3) is 0.781. The first-order valence-corrected chi connectivity index (χ1v) is 10.4. The molecule has 6 rings (SSSR count). The molecule has 6 fully saturated rings. The Morgan fingerprint density at radius 3 is 0.733 bits per heavy atom. The summed E-state index contributed by atoms with van der Waals surface area (Å²) >= 11 is 11.8. The quantitative estimate of drug-likeness (QED) is 0.668. The Morgan fingerprint density at radius 1 is 0.333 bits per heavy atom. The summed E-state index contributed by atoms with van der Waals surface area (Å²) in [6.45, 7) is 0. The van der Waals surface area contributed by atoms with Crippen LogP contribution in [0.4, 0.5) is 0 Å². The lowest BCUT2D eigenvalue weighted by Gasteiger charge is -2.16. The zero-order valence-electron chi connectivity index (χ0n) is 7.81. The maximum atomic E-state index is 2.35. The molecule has 0 spiro atoms. The van der Waals surface area contributed by atoms with E-state index in [2.05, 4.69) is 58.8 Å². The van der Waals surface area contributed by atoms with Gasteiger partial charge >= 0.3 is 0 Å². The van der Waals surface area contributed by atoms with Gasteiger partial charge in [0.15, 0.2) is 0 Å². The van der Waals surface area contributed by atoms with Crippen molar-refractivity contribution in [3.05, 3.63) is 0 Å². The second-order valence-electron chi connectivity index (χ2n) is 5.41. The zero-order chi connectivity index (χ0) is 9.31. The minimum absolute atomic E-state index is 1.01. The van der Waals surface area contributed by atoms with Crippen LogP contribution < -0.4 is 0 Å². The van der Waals surface area contributed by atoms with Gasteiger partial charge < -0.3 is 0 Å². The van der Waals surface area contributed by atoms with Gasteiger partial charge in [0.25, 0.3) is 0 Å². The Bertz CT molecular complexity index is 272. The predicted molar refractivity (Wildman–Crippen MR) is 74.3 cm³/mol. The standard InChI is InChI=1S/C10H10S5/c11-6-1-2-4-5-3(1)8(12-6)14-10(5)15-9(4)13-7(2)11/h1-10H. The van der Waals surface area contributed by atoms with E-state index in [1.54, 1.807) is 0 Å². The van der Waals surface area contributed by atoms with Crippen molar-refractivity contribution in [1.29, 1.82) is 0 Å². The molecule has 0 aromatic rings. The molecule has 5 heterocycles. The molecule has 5 heteroatoms. The highest BCUT2D eigenvalue weighted by atomic mass is 32.3. The van der Waals surface area contributed by atoms with Gasteiger partial charge in [0, 0.05) is 0 Å². The van der Waals surface area contributed by atoms with Crippen molar-refractivity contribution in [2.45, 2.75) is 22.9 Å². The van der Waals surface area contributed by atoms with Gasteiger partial charge in [0.1, 0.15) is 0 Å². The molecule has 0 aromatic carbocycles. The van der Waals surface area contributed by atoms with Crippen LogP contribution >= 0.6 is 58.8 Å². The average molecular weight is 291 g/mol. The number of thioether (sulfide) groups is 5. The predicted octanol–water partition coefficient (Wildman–Crippen LogP) is 3.45. The largest absolute Gasteiger partial charge is 0.133 e. The molecule has 0 atom stereocenters. The topological polar surface area (TPSA) is 0 Å². The first-order chi connectivity index (χ1) is 7.42. The van der Waals surface area contributed by atoms with Gasteiger partial charge in [-0.05, 0) is 29.6 Å². The third-order valence-corrected chi connectivity index (χ3v) is 14.3. The lowest BCUT2D eigenvalue weighted by Crippen LogP contribution is -2.16. The fourth-order valence-corrected chi connectivity index (χ4v) is 17.5. The van der Waals surface area contributed by atoms with Crippen LogP contribution in [0.25, 0.3) is 0 Å². The van der Waals surface area contributed by atoms with Crippen LogP contribution in [0.2, 0.25) is 0 Å². The van der Waals surface area contributed by atoms with Crippen molar-refractivity contribution in [2.24, 2.45) is 29.6 Å². The Morgan fingerprint density at radius 2 is 0.533 bits per heavy atom. The molecule has 0 unspecified atom stereocenters. The van der Waals surface area contributed by atoms with Crippen LogP contribution in [-0.4, -0.2) is 22.9 Å². The second kappa shape index (κ2) is 2.54. The van der Waals surface area contributed by atoms with E-state index in [1.807, 2.05) is 0 Å². The van der Waals surface area contributed by atoms with Gasteiger partial charge in [0.2, 0.25) is 0 Å². The summed E-state index contributed by atoms with van der Waals surface area (Å²) in [6.07, 6.45) is 0. The molecule has 80 valence electrons. The van der Waals surface area contributed by atoms with Gasteiger partial charge in [-0.25, -0.2) is 0 Å². The van der Waals surface area contributed by atoms with Gasteiger partial charge in [-0.2, -0.15) is 0 Å². The van der Waals surface area contributed by atoms with Crippen LogP contribution in [0.5, 0.6) is 0 Å². The first-order valence-electron chi connectivity index (χ1n) is 5.69. The Labute approximate surface area is 111 Å². The number of hydrogen-bond donors (Lipinski definition) is 0. The molecule has 0 nitrogen and oxygen atoms in total. The summed E-state index contributed by atoms with van der Waals surface area (Å²) < 4.78 is 5.03. The molecular weight excluding hydrogens is 280 g/mol. The summed E-state index contributed by atoms with van der Waals surface area (Å²) in [4.78, 5) is 0. The molecular formula is C10H10S5. The van der Waals surface area contributed by atoms with E-state index in [-0.39, 0.29) is 0 Å². The molecule has 1 aliphatic carbocycles. The van der Waals surface area contributed by atoms with E-state index in [0.29, 0.717) is 0 Å². The summed E-state index contributed by atoms with van der Waals surface area (Å²) in [7, 11) is 0. The van der Waals surface area contributed by atoms with E-state index in [0.717, 1.165) is 52.5 Å². The number of rotatable bonds is 0. The van der Waals surface area contributed by atoms with E-state index < -0.39 is 0 Å². The first kappa shape index (κ1) is 8.78. The van der Waals surface area contributed by atoms with Crippen molar-refractivity contribution in [3.8, 4) is 0 Å². The summed E-state index contributed by atoms with van der Waals surface area (Å²) in [5.41, 5.74) is 0. The maximum Gasteiger partial charge on any atom is 0.0560 e. The normalized spacial score (nSPS) is 80.0. The highest BCUT2D eigenvalue weighted by Crippen LogP contribution is 2.84. The van der Waals surface area contributed by atoms with Gasteiger partial charge in [-0.1, -0.05) is 0 Å². The van der Waals surface area contributed by atoms with Crippen LogP contribution in [0.15, 0.2) is 0 Å². The molecule has 0 bridgehead atoms. The van der Waals surface area contributed by atoms with Crippen molar-refractivity contribution < 1.29 is 0 Å². The maximum absolute atomic E-state index is 2.35. The van der Waals surface area contributed by atoms with E-state index in [1.165, 1.54) is 0 Å². The third-order valence-electron chi connectivity index (χ3n) is 5.13. The Kier molecular flexibility index (Phi) is 1.49. The molecule has 1 saturated carbocycles. The second-order valence-corrected chi connectivity index (χ2v) is 13.3. The zero-order valence-corrected chi connectivity index (χ0v) is 11.9. The van der Waals surface area contributed by atoms with E-state index in [4.69, 9.17) is 0 Å². The molecule has 5 saturated heterocycles. The summed E-state index contributed by atoms with van der Waals surface area (Å²) in [6, 6.07) is 0. The molecule has 0 radical (unpaired) electrons. The lowest BCUT2D eigenvalue weighted by atomic mass is 9.91. The molecule has 0 N–H and O–H groups in total. The van der Waals surface area contributed by atoms with Gasteiger partial charge in [0.05, 0.1) is 22.9 Å². The minimum atomic E-state index is 1.01. The molecule has 5 aliphatic heterocycles. The average Bonchev–Trinajstić information content (AvgIpc) is 2.85. The fraction of sp³-hybridized carbons (Fsp3) is 1.00. The smallest absolute Gasteiger partial charge is 0.0560 e. The van der Waals surface area contributed by atoms with Crippen LogP contribution in [0.3, 0.4) is 0 Å². The van der Waals surface area contributed by atoms with Gasteiger partial charge in [-0.3, -0.25) is 0 Å². The van der Waals surface area contributed by atoms with E-state index in [9.17, 15) is 0 Å². The highest BCUT2D eigenvalue weighted by Gasteiger charge is 2.76.